The zero-order valence-electron chi connectivity index (χ0n) is 29.8. The van der Waals surface area contributed by atoms with Crippen LogP contribution in [0.4, 0.5) is 0 Å². The van der Waals surface area contributed by atoms with Crippen LogP contribution in [-0.2, 0) is 0 Å². The Kier molecular flexibility index (Phi) is 8.39. The first-order valence-electron chi connectivity index (χ1n) is 18.5. The Bertz CT molecular complexity index is 2840. The SMILES string of the molecule is c1ccc(C2=NC(c3ccccc3-c3cccc4c(-c5ccc(-c6nc7ccccc7s6)cc5)cccc34)N=C(c3ccc(-c4ccccc4)cc3)N2)cc1. The van der Waals surface area contributed by atoms with E-state index in [-0.39, 0.29) is 0 Å². The molecular formula is C50H34N4S. The second kappa shape index (κ2) is 14.1. The third-order valence-electron chi connectivity index (χ3n) is 10.2. The summed E-state index contributed by atoms with van der Waals surface area (Å²) in [5, 5.41) is 7.00. The average molecular weight is 723 g/mol. The van der Waals surface area contributed by atoms with Crippen LogP contribution in [0.3, 0.4) is 0 Å². The lowest BCUT2D eigenvalue weighted by molar-refractivity contribution is 0.757. The minimum Gasteiger partial charge on any atom is -0.324 e. The number of nitrogens with one attached hydrogen (secondary N) is 1. The molecule has 0 radical (unpaired) electrons. The monoisotopic (exact) mass is 722 g/mol. The first-order chi connectivity index (χ1) is 27.2. The fourth-order valence-electron chi connectivity index (χ4n) is 7.48. The van der Waals surface area contributed by atoms with Crippen LogP contribution in [0.25, 0.3) is 64.9 Å². The lowest BCUT2D eigenvalue weighted by Crippen LogP contribution is -2.36. The standard InChI is InChI=1S/C50H34N4S/c1-3-13-33(14-4-1)34-25-29-37(30-26-34)48-52-47(36-15-5-2-6-16-36)53-49(54-48)44-18-8-7-17-43(44)42-22-12-20-40-39(19-11-21-41(40)42)35-27-31-38(32-28-35)50-51-45-23-9-10-24-46(45)55-50/h1-32,49H,(H,52,53,54). The number of rotatable bonds is 7. The molecular weight excluding hydrogens is 689 g/mol. The van der Waals surface area contributed by atoms with Gasteiger partial charge in [0.15, 0.2) is 6.17 Å². The van der Waals surface area contributed by atoms with Crippen molar-refractivity contribution in [2.75, 3.05) is 0 Å². The van der Waals surface area contributed by atoms with Crippen molar-refractivity contribution >= 4 is 44.0 Å². The molecule has 1 aliphatic rings. The van der Waals surface area contributed by atoms with Crippen molar-refractivity contribution < 1.29 is 0 Å². The van der Waals surface area contributed by atoms with E-state index >= 15 is 0 Å². The molecule has 55 heavy (non-hydrogen) atoms. The summed E-state index contributed by atoms with van der Waals surface area (Å²) >= 11 is 1.73. The highest BCUT2D eigenvalue weighted by Crippen LogP contribution is 2.40. The van der Waals surface area contributed by atoms with E-state index in [0.29, 0.717) is 0 Å². The van der Waals surface area contributed by atoms with Gasteiger partial charge in [0.2, 0.25) is 0 Å². The largest absolute Gasteiger partial charge is 0.324 e. The summed E-state index contributed by atoms with van der Waals surface area (Å²) < 4.78 is 1.20. The van der Waals surface area contributed by atoms with Crippen molar-refractivity contribution in [3.8, 4) is 44.0 Å². The topological polar surface area (TPSA) is 49.6 Å². The molecule has 0 spiro atoms. The lowest BCUT2D eigenvalue weighted by Gasteiger charge is -2.24. The van der Waals surface area contributed by atoms with Crippen LogP contribution in [0, 0.1) is 0 Å². The predicted octanol–water partition coefficient (Wildman–Crippen LogP) is 12.6. The quantitative estimate of drug-likeness (QED) is 0.178. The Morgan fingerprint density at radius 3 is 1.62 bits per heavy atom. The molecule has 260 valence electrons. The Morgan fingerprint density at radius 2 is 0.891 bits per heavy atom. The van der Waals surface area contributed by atoms with E-state index in [1.807, 2.05) is 30.3 Å². The number of fused-ring (bicyclic) bond motifs is 2. The molecule has 0 bridgehead atoms. The van der Waals surface area contributed by atoms with E-state index in [1.165, 1.54) is 37.7 Å². The number of nitrogens with zero attached hydrogens (tertiary/aromatic N) is 3. The number of hydrogen-bond acceptors (Lipinski definition) is 5. The van der Waals surface area contributed by atoms with E-state index in [0.717, 1.165) is 55.6 Å². The molecule has 1 aromatic heterocycles. The van der Waals surface area contributed by atoms with E-state index in [9.17, 15) is 0 Å². The van der Waals surface area contributed by atoms with Gasteiger partial charge in [0.25, 0.3) is 0 Å². The van der Waals surface area contributed by atoms with Gasteiger partial charge in [0, 0.05) is 22.3 Å². The number of aromatic nitrogens is 1. The second-order valence-corrected chi connectivity index (χ2v) is 14.7. The Hall–Kier alpha value is -6.95. The summed E-state index contributed by atoms with van der Waals surface area (Å²) in [6.45, 7) is 0. The van der Waals surface area contributed by atoms with E-state index in [4.69, 9.17) is 15.0 Å². The van der Waals surface area contributed by atoms with Crippen molar-refractivity contribution in [3.63, 3.8) is 0 Å². The molecule has 0 fully saturated rings. The van der Waals surface area contributed by atoms with Crippen LogP contribution < -0.4 is 5.32 Å². The summed E-state index contributed by atoms with van der Waals surface area (Å²) in [5.74, 6) is 1.59. The highest BCUT2D eigenvalue weighted by atomic mass is 32.1. The highest BCUT2D eigenvalue weighted by molar-refractivity contribution is 7.21. The number of thiazole rings is 1. The minimum atomic E-state index is -0.454. The highest BCUT2D eigenvalue weighted by Gasteiger charge is 2.24. The summed E-state index contributed by atoms with van der Waals surface area (Å²) in [5.41, 5.74) is 12.2. The van der Waals surface area contributed by atoms with Crippen molar-refractivity contribution in [2.45, 2.75) is 6.17 Å². The van der Waals surface area contributed by atoms with Gasteiger partial charge in [-0.1, -0.05) is 182 Å². The van der Waals surface area contributed by atoms with Crippen LogP contribution in [0.5, 0.6) is 0 Å². The fourth-order valence-corrected chi connectivity index (χ4v) is 8.45. The zero-order valence-corrected chi connectivity index (χ0v) is 30.6. The smallest absolute Gasteiger partial charge is 0.170 e. The normalized spacial score (nSPS) is 14.0. The molecule has 0 saturated carbocycles. The van der Waals surface area contributed by atoms with Gasteiger partial charge < -0.3 is 5.32 Å². The Labute approximate surface area is 323 Å². The van der Waals surface area contributed by atoms with Gasteiger partial charge in [-0.15, -0.1) is 11.3 Å². The lowest BCUT2D eigenvalue weighted by atomic mass is 9.90. The number of benzene rings is 8. The van der Waals surface area contributed by atoms with Gasteiger partial charge >= 0.3 is 0 Å². The summed E-state index contributed by atoms with van der Waals surface area (Å²) in [7, 11) is 0. The zero-order chi connectivity index (χ0) is 36.6. The molecule has 0 saturated heterocycles. The molecule has 9 aromatic rings. The fraction of sp³-hybridized carbons (Fsp3) is 0.0200. The van der Waals surface area contributed by atoms with E-state index < -0.39 is 6.17 Å². The number of para-hydroxylation sites is 1. The predicted molar refractivity (Wildman–Crippen MR) is 231 cm³/mol. The van der Waals surface area contributed by atoms with Crippen LogP contribution in [0.1, 0.15) is 22.9 Å². The maximum atomic E-state index is 5.29. The van der Waals surface area contributed by atoms with Gasteiger partial charge in [-0.25, -0.2) is 15.0 Å². The van der Waals surface area contributed by atoms with Crippen LogP contribution in [0.15, 0.2) is 204 Å². The Balaban J connectivity index is 1.04. The number of aliphatic imine (C=N–C) groups is 2. The van der Waals surface area contributed by atoms with E-state index in [2.05, 4.69) is 169 Å². The average Bonchev–Trinajstić information content (AvgIpc) is 3.71. The van der Waals surface area contributed by atoms with Crippen LogP contribution in [0.2, 0.25) is 0 Å². The van der Waals surface area contributed by atoms with Gasteiger partial charge in [-0.05, 0) is 56.3 Å². The van der Waals surface area contributed by atoms with Crippen LogP contribution >= 0.6 is 11.3 Å². The van der Waals surface area contributed by atoms with Gasteiger partial charge in [0.1, 0.15) is 16.7 Å². The van der Waals surface area contributed by atoms with Crippen molar-refractivity contribution in [1.82, 2.24) is 10.3 Å². The molecule has 8 aromatic carbocycles. The summed E-state index contributed by atoms with van der Waals surface area (Å²) in [6, 6.07) is 68.3. The molecule has 1 atom stereocenters. The van der Waals surface area contributed by atoms with Crippen LogP contribution in [-0.4, -0.2) is 16.7 Å². The van der Waals surface area contributed by atoms with Crippen molar-refractivity contribution in [1.29, 1.82) is 0 Å². The van der Waals surface area contributed by atoms with Crippen molar-refractivity contribution in [3.05, 3.63) is 211 Å². The van der Waals surface area contributed by atoms with Gasteiger partial charge in [-0.3, -0.25) is 0 Å². The molecule has 1 aliphatic heterocycles. The summed E-state index contributed by atoms with van der Waals surface area (Å²) in [4.78, 5) is 15.4. The first kappa shape index (κ1) is 32.7. The molecule has 2 heterocycles. The molecule has 1 N–H and O–H groups in total. The maximum Gasteiger partial charge on any atom is 0.170 e. The summed E-state index contributed by atoms with van der Waals surface area (Å²) in [6.07, 6.45) is -0.454. The third-order valence-corrected chi connectivity index (χ3v) is 11.3. The Morgan fingerprint density at radius 1 is 0.382 bits per heavy atom. The minimum absolute atomic E-state index is 0.454. The van der Waals surface area contributed by atoms with Gasteiger partial charge in [0.05, 0.1) is 10.2 Å². The second-order valence-electron chi connectivity index (χ2n) is 13.6. The maximum absolute atomic E-state index is 5.29. The van der Waals surface area contributed by atoms with E-state index in [1.54, 1.807) is 11.3 Å². The molecule has 4 nitrogen and oxygen atoms in total. The van der Waals surface area contributed by atoms with Crippen molar-refractivity contribution in [2.24, 2.45) is 9.98 Å². The first-order valence-corrected chi connectivity index (χ1v) is 19.3. The number of amidine groups is 2. The number of hydrogen-bond donors (Lipinski definition) is 1. The molecule has 1 unspecified atom stereocenters. The van der Waals surface area contributed by atoms with Gasteiger partial charge in [-0.2, -0.15) is 0 Å². The molecule has 0 aliphatic carbocycles. The molecule has 0 amide bonds. The third kappa shape index (κ3) is 6.31. The molecule has 10 rings (SSSR count). The molecule has 5 heteroatoms.